The summed E-state index contributed by atoms with van der Waals surface area (Å²) in [5, 5.41) is 14.1. The van der Waals surface area contributed by atoms with Gasteiger partial charge in [0.25, 0.3) is 0 Å². The predicted octanol–water partition coefficient (Wildman–Crippen LogP) is 2.78. The van der Waals surface area contributed by atoms with Gasteiger partial charge >= 0.3 is 0 Å². The highest BCUT2D eigenvalue weighted by Gasteiger charge is 2.13. The lowest BCUT2D eigenvalue weighted by molar-refractivity contribution is -0.118. The van der Waals surface area contributed by atoms with E-state index in [0.717, 1.165) is 10.4 Å². The molecule has 1 aromatic carbocycles. The number of benzene rings is 1. The summed E-state index contributed by atoms with van der Waals surface area (Å²) in [5.74, 6) is 6.68. The van der Waals surface area contributed by atoms with E-state index in [2.05, 4.69) is 15.5 Å². The van der Waals surface area contributed by atoms with E-state index in [0.29, 0.717) is 22.5 Å². The molecular weight excluding hydrogens is 366 g/mol. The zero-order chi connectivity index (χ0) is 16.9. The molecule has 0 atom stereocenters. The van der Waals surface area contributed by atoms with E-state index in [1.54, 1.807) is 23.5 Å². The molecular formula is C15H14ClN5OS2. The van der Waals surface area contributed by atoms with E-state index in [1.165, 1.54) is 16.4 Å². The van der Waals surface area contributed by atoms with Crippen LogP contribution in [0.4, 0.5) is 0 Å². The Kier molecular flexibility index (Phi) is 5.39. The quantitative estimate of drug-likeness (QED) is 0.508. The number of amides is 1. The van der Waals surface area contributed by atoms with Crippen molar-refractivity contribution in [3.8, 4) is 11.4 Å². The number of nitrogens with zero attached hydrogens (tertiary/aromatic N) is 3. The van der Waals surface area contributed by atoms with Crippen molar-refractivity contribution in [1.82, 2.24) is 20.2 Å². The second kappa shape index (κ2) is 7.69. The fourth-order valence-corrected chi connectivity index (χ4v) is 3.41. The highest BCUT2D eigenvalue weighted by Crippen LogP contribution is 2.22. The molecule has 0 spiro atoms. The molecule has 0 saturated heterocycles. The van der Waals surface area contributed by atoms with Crippen LogP contribution >= 0.6 is 34.7 Å². The van der Waals surface area contributed by atoms with Crippen LogP contribution in [0.2, 0.25) is 5.02 Å². The van der Waals surface area contributed by atoms with Crippen molar-refractivity contribution in [2.45, 2.75) is 11.7 Å². The summed E-state index contributed by atoms with van der Waals surface area (Å²) in [6.07, 6.45) is 0. The third-order valence-corrected chi connectivity index (χ3v) is 5.21. The molecule has 3 rings (SSSR count). The van der Waals surface area contributed by atoms with Gasteiger partial charge in [-0.15, -0.1) is 21.5 Å². The maximum absolute atomic E-state index is 11.9. The Morgan fingerprint density at radius 2 is 2.08 bits per heavy atom. The lowest BCUT2D eigenvalue weighted by Gasteiger charge is -2.05. The number of hydrogen-bond acceptors (Lipinski definition) is 6. The van der Waals surface area contributed by atoms with Crippen LogP contribution in [0, 0.1) is 0 Å². The fraction of sp³-hybridized carbons (Fsp3) is 0.133. The molecule has 0 aliphatic rings. The van der Waals surface area contributed by atoms with Gasteiger partial charge in [-0.1, -0.05) is 29.4 Å². The number of nitrogen functional groups attached to an aromatic ring is 1. The summed E-state index contributed by atoms with van der Waals surface area (Å²) in [4.78, 5) is 13.0. The number of carbonyl (C=O) groups is 1. The molecule has 1 amide bonds. The highest BCUT2D eigenvalue weighted by molar-refractivity contribution is 7.99. The third-order valence-electron chi connectivity index (χ3n) is 3.14. The Morgan fingerprint density at radius 1 is 1.29 bits per heavy atom. The molecule has 124 valence electrons. The Labute approximate surface area is 152 Å². The van der Waals surface area contributed by atoms with Gasteiger partial charge in [-0.25, -0.2) is 4.68 Å². The lowest BCUT2D eigenvalue weighted by atomic mass is 10.2. The molecule has 24 heavy (non-hydrogen) atoms. The maximum atomic E-state index is 11.9. The zero-order valence-corrected chi connectivity index (χ0v) is 14.9. The van der Waals surface area contributed by atoms with Crippen LogP contribution in [0.1, 0.15) is 4.88 Å². The van der Waals surface area contributed by atoms with E-state index < -0.39 is 0 Å². The number of hydrogen-bond donors (Lipinski definition) is 2. The van der Waals surface area contributed by atoms with Crippen LogP contribution in [0.15, 0.2) is 46.9 Å². The molecule has 3 N–H and O–H groups in total. The average molecular weight is 380 g/mol. The first-order valence-electron chi connectivity index (χ1n) is 7.02. The van der Waals surface area contributed by atoms with Gasteiger partial charge in [0.1, 0.15) is 0 Å². The SMILES string of the molecule is Nn1c(SCC(=O)NCc2cccs2)nnc1-c1ccc(Cl)cc1. The molecule has 0 aliphatic carbocycles. The molecule has 3 aromatic rings. The predicted molar refractivity (Wildman–Crippen MR) is 97.5 cm³/mol. The molecule has 0 unspecified atom stereocenters. The van der Waals surface area contributed by atoms with Crippen LogP contribution in [-0.2, 0) is 11.3 Å². The number of thiophene rings is 1. The number of halogens is 1. The van der Waals surface area contributed by atoms with Crippen LogP contribution in [0.25, 0.3) is 11.4 Å². The van der Waals surface area contributed by atoms with Gasteiger partial charge in [-0.05, 0) is 35.7 Å². The minimum absolute atomic E-state index is 0.0792. The normalized spacial score (nSPS) is 10.7. The first-order chi connectivity index (χ1) is 11.6. The molecule has 2 aromatic heterocycles. The highest BCUT2D eigenvalue weighted by atomic mass is 35.5. The smallest absolute Gasteiger partial charge is 0.230 e. The van der Waals surface area contributed by atoms with Crippen molar-refractivity contribution in [3.63, 3.8) is 0 Å². The van der Waals surface area contributed by atoms with Gasteiger partial charge in [-0.3, -0.25) is 4.79 Å². The number of nitrogens with one attached hydrogen (secondary N) is 1. The second-order valence-corrected chi connectivity index (χ2v) is 7.24. The molecule has 0 saturated carbocycles. The van der Waals surface area contributed by atoms with Gasteiger partial charge in [0, 0.05) is 15.5 Å². The Bertz CT molecular complexity index is 817. The molecule has 0 bridgehead atoms. The maximum Gasteiger partial charge on any atom is 0.230 e. The lowest BCUT2D eigenvalue weighted by Crippen LogP contribution is -2.24. The third kappa shape index (κ3) is 4.08. The van der Waals surface area contributed by atoms with Crippen molar-refractivity contribution in [1.29, 1.82) is 0 Å². The number of aromatic nitrogens is 3. The summed E-state index contributed by atoms with van der Waals surface area (Å²) >= 11 is 8.72. The van der Waals surface area contributed by atoms with Crippen molar-refractivity contribution in [2.75, 3.05) is 11.6 Å². The van der Waals surface area contributed by atoms with Crippen LogP contribution in [0.3, 0.4) is 0 Å². The first kappa shape index (κ1) is 16.8. The Balaban J connectivity index is 1.58. The van der Waals surface area contributed by atoms with E-state index in [-0.39, 0.29) is 11.7 Å². The number of rotatable bonds is 6. The van der Waals surface area contributed by atoms with Gasteiger partial charge < -0.3 is 11.2 Å². The number of nitrogens with two attached hydrogens (primary N) is 1. The van der Waals surface area contributed by atoms with Gasteiger partial charge in [0.15, 0.2) is 5.82 Å². The van der Waals surface area contributed by atoms with Crippen molar-refractivity contribution in [2.24, 2.45) is 0 Å². The second-order valence-electron chi connectivity index (χ2n) is 4.83. The molecule has 0 fully saturated rings. The monoisotopic (exact) mass is 379 g/mol. The van der Waals surface area contributed by atoms with Crippen LogP contribution in [-0.4, -0.2) is 26.5 Å². The molecule has 6 nitrogen and oxygen atoms in total. The summed E-state index contributed by atoms with van der Waals surface area (Å²) < 4.78 is 1.38. The number of carbonyl (C=O) groups excluding carboxylic acids is 1. The number of thioether (sulfide) groups is 1. The zero-order valence-electron chi connectivity index (χ0n) is 12.5. The largest absolute Gasteiger partial charge is 0.350 e. The van der Waals surface area contributed by atoms with E-state index in [9.17, 15) is 4.79 Å². The van der Waals surface area contributed by atoms with Crippen molar-refractivity contribution < 1.29 is 4.79 Å². The minimum Gasteiger partial charge on any atom is -0.350 e. The summed E-state index contributed by atoms with van der Waals surface area (Å²) in [6.45, 7) is 0.530. The van der Waals surface area contributed by atoms with E-state index >= 15 is 0 Å². The molecule has 0 aliphatic heterocycles. The summed E-state index contributed by atoms with van der Waals surface area (Å²) in [7, 11) is 0. The van der Waals surface area contributed by atoms with Crippen LogP contribution in [0.5, 0.6) is 0 Å². The van der Waals surface area contributed by atoms with E-state index in [4.69, 9.17) is 17.4 Å². The fourth-order valence-electron chi connectivity index (χ4n) is 1.95. The first-order valence-corrected chi connectivity index (χ1v) is 9.26. The standard InChI is InChI=1S/C15H14ClN5OS2/c16-11-5-3-10(4-6-11)14-19-20-15(21(14)17)24-9-13(22)18-8-12-2-1-7-23-12/h1-7H,8-9,17H2,(H,18,22). The molecule has 0 radical (unpaired) electrons. The topological polar surface area (TPSA) is 85.8 Å². The Morgan fingerprint density at radius 3 is 2.79 bits per heavy atom. The average Bonchev–Trinajstić information content (AvgIpc) is 3.22. The van der Waals surface area contributed by atoms with Crippen LogP contribution < -0.4 is 11.2 Å². The van der Waals surface area contributed by atoms with Gasteiger partial charge in [0.05, 0.1) is 12.3 Å². The molecule has 9 heteroatoms. The minimum atomic E-state index is -0.0792. The molecule has 2 heterocycles. The Hall–Kier alpha value is -2.03. The van der Waals surface area contributed by atoms with Gasteiger partial charge in [-0.2, -0.15) is 0 Å². The van der Waals surface area contributed by atoms with Gasteiger partial charge in [0.2, 0.25) is 11.1 Å². The summed E-state index contributed by atoms with van der Waals surface area (Å²) in [6, 6.07) is 11.1. The summed E-state index contributed by atoms with van der Waals surface area (Å²) in [5.41, 5.74) is 0.809. The van der Waals surface area contributed by atoms with Crippen molar-refractivity contribution in [3.05, 3.63) is 51.7 Å². The van der Waals surface area contributed by atoms with Crippen molar-refractivity contribution >= 4 is 40.6 Å². The van der Waals surface area contributed by atoms with E-state index in [1.807, 2.05) is 29.6 Å².